The molecule has 0 spiro atoms. The first kappa shape index (κ1) is 14.6. The highest BCUT2D eigenvalue weighted by atomic mass is 16.2. The highest BCUT2D eigenvalue weighted by Gasteiger charge is 2.24. The van der Waals surface area contributed by atoms with E-state index in [1.54, 1.807) is 4.90 Å². The molecule has 1 aliphatic carbocycles. The number of hydrogen-bond donors (Lipinski definition) is 1. The first-order chi connectivity index (χ1) is 9.58. The number of rotatable bonds is 3. The topological polar surface area (TPSA) is 49.4 Å². The van der Waals surface area contributed by atoms with Crippen LogP contribution in [0.25, 0.3) is 0 Å². The standard InChI is InChI=1S/C16H22N2O2/c1-12(19)17-14-8-10-15(11-9-14)18(2)16(20)13-6-4-3-5-7-13/h8-11,13H,3-7H2,1-2H3,(H,17,19). The Hall–Kier alpha value is -1.84. The van der Waals surface area contributed by atoms with Gasteiger partial charge < -0.3 is 10.2 Å². The maximum atomic E-state index is 12.4. The molecule has 0 bridgehead atoms. The van der Waals surface area contributed by atoms with Crippen LogP contribution in [-0.2, 0) is 9.59 Å². The molecule has 2 rings (SSSR count). The van der Waals surface area contributed by atoms with E-state index in [0.29, 0.717) is 0 Å². The van der Waals surface area contributed by atoms with Crippen molar-refractivity contribution in [3.63, 3.8) is 0 Å². The van der Waals surface area contributed by atoms with Crippen LogP contribution in [0.1, 0.15) is 39.0 Å². The smallest absolute Gasteiger partial charge is 0.229 e. The van der Waals surface area contributed by atoms with Crippen molar-refractivity contribution in [1.82, 2.24) is 0 Å². The average Bonchev–Trinajstić information content (AvgIpc) is 2.47. The van der Waals surface area contributed by atoms with Crippen molar-refractivity contribution < 1.29 is 9.59 Å². The molecule has 1 aliphatic rings. The summed E-state index contributed by atoms with van der Waals surface area (Å²) >= 11 is 0. The van der Waals surface area contributed by atoms with Gasteiger partial charge in [0.2, 0.25) is 11.8 Å². The molecule has 1 aromatic rings. The van der Waals surface area contributed by atoms with Gasteiger partial charge in [0.15, 0.2) is 0 Å². The summed E-state index contributed by atoms with van der Waals surface area (Å²) in [5.74, 6) is 0.283. The van der Waals surface area contributed by atoms with Gasteiger partial charge in [-0.3, -0.25) is 9.59 Å². The van der Waals surface area contributed by atoms with Crippen LogP contribution in [0, 0.1) is 5.92 Å². The Morgan fingerprint density at radius 3 is 2.25 bits per heavy atom. The second kappa shape index (κ2) is 6.55. The number of amides is 2. The maximum absolute atomic E-state index is 12.4. The minimum Gasteiger partial charge on any atom is -0.326 e. The Balaban J connectivity index is 2.02. The highest BCUT2D eigenvalue weighted by Crippen LogP contribution is 2.27. The summed E-state index contributed by atoms with van der Waals surface area (Å²) in [6.45, 7) is 1.48. The van der Waals surface area contributed by atoms with Gasteiger partial charge in [-0.2, -0.15) is 0 Å². The molecule has 2 amide bonds. The van der Waals surface area contributed by atoms with Crippen LogP contribution >= 0.6 is 0 Å². The molecule has 4 nitrogen and oxygen atoms in total. The molecule has 20 heavy (non-hydrogen) atoms. The fourth-order valence-electron chi connectivity index (χ4n) is 2.72. The summed E-state index contributed by atoms with van der Waals surface area (Å²) in [5.41, 5.74) is 1.62. The number of nitrogens with zero attached hydrogens (tertiary/aromatic N) is 1. The van der Waals surface area contributed by atoms with Gasteiger partial charge in [-0.15, -0.1) is 0 Å². The van der Waals surface area contributed by atoms with Crippen molar-refractivity contribution in [3.05, 3.63) is 24.3 Å². The van der Waals surface area contributed by atoms with Crippen molar-refractivity contribution in [3.8, 4) is 0 Å². The van der Waals surface area contributed by atoms with Crippen molar-refractivity contribution in [2.75, 3.05) is 17.3 Å². The van der Waals surface area contributed by atoms with E-state index in [1.165, 1.54) is 13.3 Å². The molecule has 0 atom stereocenters. The molecule has 0 saturated heterocycles. The van der Waals surface area contributed by atoms with E-state index in [9.17, 15) is 9.59 Å². The maximum Gasteiger partial charge on any atom is 0.229 e. The summed E-state index contributed by atoms with van der Waals surface area (Å²) in [7, 11) is 1.82. The zero-order valence-electron chi connectivity index (χ0n) is 12.2. The van der Waals surface area contributed by atoms with Crippen LogP contribution in [0.3, 0.4) is 0 Å². The predicted octanol–water partition coefficient (Wildman–Crippen LogP) is 3.19. The fraction of sp³-hybridized carbons (Fsp3) is 0.500. The molecule has 1 saturated carbocycles. The van der Waals surface area contributed by atoms with Crippen LogP contribution in [0.5, 0.6) is 0 Å². The first-order valence-corrected chi connectivity index (χ1v) is 7.23. The lowest BCUT2D eigenvalue weighted by Gasteiger charge is -2.26. The fourth-order valence-corrected chi connectivity index (χ4v) is 2.72. The lowest BCUT2D eigenvalue weighted by atomic mass is 9.88. The predicted molar refractivity (Wildman–Crippen MR) is 80.7 cm³/mol. The minimum absolute atomic E-state index is 0.0932. The van der Waals surface area contributed by atoms with Gasteiger partial charge in [0.1, 0.15) is 0 Å². The Kier molecular flexibility index (Phi) is 4.77. The average molecular weight is 274 g/mol. The third kappa shape index (κ3) is 3.59. The van der Waals surface area contributed by atoms with Gasteiger partial charge in [0.25, 0.3) is 0 Å². The third-order valence-corrected chi connectivity index (χ3v) is 3.86. The zero-order valence-corrected chi connectivity index (χ0v) is 12.2. The van der Waals surface area contributed by atoms with Crippen LogP contribution < -0.4 is 10.2 Å². The molecule has 1 aromatic carbocycles. The molecule has 0 aromatic heterocycles. The third-order valence-electron chi connectivity index (χ3n) is 3.86. The zero-order chi connectivity index (χ0) is 14.5. The summed E-state index contributed by atoms with van der Waals surface area (Å²) in [6, 6.07) is 7.38. The van der Waals surface area contributed by atoms with Gasteiger partial charge >= 0.3 is 0 Å². The molecule has 108 valence electrons. The molecule has 1 N–H and O–H groups in total. The molecule has 0 heterocycles. The Bertz CT molecular complexity index is 476. The number of anilines is 2. The van der Waals surface area contributed by atoms with Crippen LogP contribution in [0.4, 0.5) is 11.4 Å². The number of benzene rings is 1. The lowest BCUT2D eigenvalue weighted by molar-refractivity contribution is -0.123. The van der Waals surface area contributed by atoms with E-state index in [4.69, 9.17) is 0 Å². The van der Waals surface area contributed by atoms with E-state index in [-0.39, 0.29) is 17.7 Å². The number of carbonyl (C=O) groups excluding carboxylic acids is 2. The van der Waals surface area contributed by atoms with E-state index in [1.807, 2.05) is 31.3 Å². The van der Waals surface area contributed by atoms with Crippen molar-refractivity contribution in [2.45, 2.75) is 39.0 Å². The molecule has 4 heteroatoms. The molecular formula is C16H22N2O2. The Morgan fingerprint density at radius 2 is 1.70 bits per heavy atom. The Morgan fingerprint density at radius 1 is 1.10 bits per heavy atom. The first-order valence-electron chi connectivity index (χ1n) is 7.23. The van der Waals surface area contributed by atoms with Crippen LogP contribution in [0.15, 0.2) is 24.3 Å². The summed E-state index contributed by atoms with van der Waals surface area (Å²) < 4.78 is 0. The number of hydrogen-bond acceptors (Lipinski definition) is 2. The highest BCUT2D eigenvalue weighted by molar-refractivity contribution is 5.95. The van der Waals surface area contributed by atoms with E-state index in [0.717, 1.165) is 37.1 Å². The SMILES string of the molecule is CC(=O)Nc1ccc(N(C)C(=O)C2CCCCC2)cc1. The van der Waals surface area contributed by atoms with Gasteiger partial charge in [0.05, 0.1) is 0 Å². The van der Waals surface area contributed by atoms with E-state index >= 15 is 0 Å². The van der Waals surface area contributed by atoms with Crippen molar-refractivity contribution in [2.24, 2.45) is 5.92 Å². The number of carbonyl (C=O) groups is 2. The van der Waals surface area contributed by atoms with Crippen LogP contribution in [0.2, 0.25) is 0 Å². The Labute approximate surface area is 120 Å². The van der Waals surface area contributed by atoms with Gasteiger partial charge in [-0.1, -0.05) is 19.3 Å². The second-order valence-corrected chi connectivity index (χ2v) is 5.46. The van der Waals surface area contributed by atoms with Crippen molar-refractivity contribution >= 4 is 23.2 Å². The minimum atomic E-state index is -0.0932. The monoisotopic (exact) mass is 274 g/mol. The largest absolute Gasteiger partial charge is 0.326 e. The number of nitrogens with one attached hydrogen (secondary N) is 1. The molecule has 1 fully saturated rings. The van der Waals surface area contributed by atoms with Gasteiger partial charge in [-0.05, 0) is 37.1 Å². The lowest BCUT2D eigenvalue weighted by Crippen LogP contribution is -2.33. The summed E-state index contributed by atoms with van der Waals surface area (Å²) in [6.07, 6.45) is 5.58. The summed E-state index contributed by atoms with van der Waals surface area (Å²) in [4.78, 5) is 25.1. The molecular weight excluding hydrogens is 252 g/mol. The molecule has 0 unspecified atom stereocenters. The summed E-state index contributed by atoms with van der Waals surface area (Å²) in [5, 5.41) is 2.72. The molecule has 0 aliphatic heterocycles. The van der Waals surface area contributed by atoms with E-state index in [2.05, 4.69) is 5.32 Å². The van der Waals surface area contributed by atoms with Crippen molar-refractivity contribution in [1.29, 1.82) is 0 Å². The quantitative estimate of drug-likeness (QED) is 0.920. The van der Waals surface area contributed by atoms with Crippen LogP contribution in [-0.4, -0.2) is 18.9 Å². The van der Waals surface area contributed by atoms with E-state index < -0.39 is 0 Å². The van der Waals surface area contributed by atoms with Gasteiger partial charge in [-0.25, -0.2) is 0 Å². The second-order valence-electron chi connectivity index (χ2n) is 5.46. The van der Waals surface area contributed by atoms with Gasteiger partial charge in [0, 0.05) is 31.3 Å². The normalized spacial score (nSPS) is 15.7. The molecule has 0 radical (unpaired) electrons.